The predicted molar refractivity (Wildman–Crippen MR) is 112 cm³/mol. The van der Waals surface area contributed by atoms with E-state index in [0.29, 0.717) is 38.7 Å². The molecule has 29 heavy (non-hydrogen) atoms. The third kappa shape index (κ3) is 4.67. The molecule has 2 saturated heterocycles. The number of hydrogen-bond donors (Lipinski definition) is 1. The Balaban J connectivity index is 1.36. The first kappa shape index (κ1) is 19.2. The van der Waals surface area contributed by atoms with Gasteiger partial charge in [0.2, 0.25) is 5.95 Å². The molecule has 3 heterocycles. The Morgan fingerprint density at radius 3 is 2.45 bits per heavy atom. The van der Waals surface area contributed by atoms with Crippen LogP contribution in [0, 0.1) is 0 Å². The van der Waals surface area contributed by atoms with Crippen molar-refractivity contribution in [2.24, 2.45) is 0 Å². The van der Waals surface area contributed by atoms with E-state index in [1.165, 1.54) is 18.5 Å². The molecule has 4 rings (SSSR count). The third-order valence-electron chi connectivity index (χ3n) is 5.27. The van der Waals surface area contributed by atoms with Gasteiger partial charge in [0.05, 0.1) is 12.8 Å². The van der Waals surface area contributed by atoms with E-state index in [1.54, 1.807) is 11.1 Å². The van der Waals surface area contributed by atoms with Gasteiger partial charge in [0.1, 0.15) is 0 Å². The zero-order valence-electron chi connectivity index (χ0n) is 16.8. The van der Waals surface area contributed by atoms with Gasteiger partial charge in [-0.25, -0.2) is 4.79 Å². The van der Waals surface area contributed by atoms with Crippen LogP contribution in [-0.2, 0) is 4.74 Å². The normalized spacial score (nSPS) is 16.8. The minimum Gasteiger partial charge on any atom is -0.450 e. The lowest BCUT2D eigenvalue weighted by Crippen LogP contribution is -2.49. The summed E-state index contributed by atoms with van der Waals surface area (Å²) in [4.78, 5) is 22.7. The number of anilines is 4. The van der Waals surface area contributed by atoms with E-state index in [-0.39, 0.29) is 6.09 Å². The minimum absolute atomic E-state index is 0.257. The quantitative estimate of drug-likeness (QED) is 0.824. The number of ether oxygens (including phenoxy) is 1. The van der Waals surface area contributed by atoms with Crippen LogP contribution < -0.4 is 15.1 Å². The molecule has 0 radical (unpaired) electrons. The number of nitrogens with zero attached hydrogens (tertiary/aromatic N) is 6. The van der Waals surface area contributed by atoms with Gasteiger partial charge in [-0.15, -0.1) is 5.10 Å². The lowest BCUT2D eigenvalue weighted by Gasteiger charge is -2.34. The molecule has 1 aromatic carbocycles. The SMILES string of the molecule is CCOC(=O)N1CCN(c2cnnc(Nc3ccc(N4CCCC4)cc3)n2)CC1. The summed E-state index contributed by atoms with van der Waals surface area (Å²) in [6, 6.07) is 8.34. The summed E-state index contributed by atoms with van der Waals surface area (Å²) in [5, 5.41) is 11.4. The van der Waals surface area contributed by atoms with Crippen molar-refractivity contribution in [1.82, 2.24) is 20.1 Å². The molecule has 0 atom stereocenters. The van der Waals surface area contributed by atoms with Crippen molar-refractivity contribution in [2.45, 2.75) is 19.8 Å². The zero-order valence-corrected chi connectivity index (χ0v) is 16.8. The summed E-state index contributed by atoms with van der Waals surface area (Å²) < 4.78 is 5.07. The first-order valence-corrected chi connectivity index (χ1v) is 10.2. The van der Waals surface area contributed by atoms with Gasteiger partial charge in [0, 0.05) is 50.6 Å². The van der Waals surface area contributed by atoms with Crippen LogP contribution in [0.25, 0.3) is 0 Å². The Morgan fingerprint density at radius 2 is 1.76 bits per heavy atom. The second-order valence-electron chi connectivity index (χ2n) is 7.18. The van der Waals surface area contributed by atoms with Gasteiger partial charge in [-0.2, -0.15) is 10.1 Å². The van der Waals surface area contributed by atoms with E-state index in [0.717, 1.165) is 24.6 Å². The summed E-state index contributed by atoms with van der Waals surface area (Å²) in [7, 11) is 0. The Bertz CT molecular complexity index is 816. The summed E-state index contributed by atoms with van der Waals surface area (Å²) in [6.07, 6.45) is 3.93. The van der Waals surface area contributed by atoms with Gasteiger partial charge in [0.25, 0.3) is 0 Å². The van der Waals surface area contributed by atoms with Gasteiger partial charge < -0.3 is 24.8 Å². The number of carbonyl (C=O) groups excluding carboxylic acids is 1. The fraction of sp³-hybridized carbons (Fsp3) is 0.500. The fourth-order valence-corrected chi connectivity index (χ4v) is 3.69. The van der Waals surface area contributed by atoms with Crippen molar-refractivity contribution in [3.8, 4) is 0 Å². The number of amides is 1. The smallest absolute Gasteiger partial charge is 0.409 e. The van der Waals surface area contributed by atoms with E-state index in [4.69, 9.17) is 4.74 Å². The summed E-state index contributed by atoms with van der Waals surface area (Å²) in [6.45, 7) is 7.03. The van der Waals surface area contributed by atoms with E-state index >= 15 is 0 Å². The van der Waals surface area contributed by atoms with E-state index < -0.39 is 0 Å². The van der Waals surface area contributed by atoms with Gasteiger partial charge in [0.15, 0.2) is 5.82 Å². The number of hydrogen-bond acceptors (Lipinski definition) is 8. The highest BCUT2D eigenvalue weighted by Gasteiger charge is 2.23. The maximum Gasteiger partial charge on any atom is 0.409 e. The van der Waals surface area contributed by atoms with Gasteiger partial charge in [-0.1, -0.05) is 0 Å². The fourth-order valence-electron chi connectivity index (χ4n) is 3.69. The molecule has 0 bridgehead atoms. The van der Waals surface area contributed by atoms with Crippen LogP contribution in [0.15, 0.2) is 30.5 Å². The number of aromatic nitrogens is 3. The van der Waals surface area contributed by atoms with E-state index in [9.17, 15) is 4.79 Å². The van der Waals surface area contributed by atoms with Crippen molar-refractivity contribution in [1.29, 1.82) is 0 Å². The number of piperazine rings is 1. The van der Waals surface area contributed by atoms with Gasteiger partial charge >= 0.3 is 6.09 Å². The maximum atomic E-state index is 11.8. The second-order valence-corrected chi connectivity index (χ2v) is 7.18. The number of rotatable bonds is 5. The molecule has 2 aromatic rings. The maximum absolute atomic E-state index is 11.8. The molecule has 0 aliphatic carbocycles. The molecule has 0 spiro atoms. The van der Waals surface area contributed by atoms with Crippen molar-refractivity contribution >= 4 is 29.2 Å². The lowest BCUT2D eigenvalue weighted by molar-refractivity contribution is 0.105. The molecule has 2 fully saturated rings. The van der Waals surface area contributed by atoms with Crippen LogP contribution >= 0.6 is 0 Å². The van der Waals surface area contributed by atoms with E-state index in [1.807, 2.05) is 19.1 Å². The molecule has 154 valence electrons. The highest BCUT2D eigenvalue weighted by Crippen LogP contribution is 2.23. The minimum atomic E-state index is -0.257. The van der Waals surface area contributed by atoms with Crippen molar-refractivity contribution in [2.75, 3.05) is 61.0 Å². The molecule has 9 nitrogen and oxygen atoms in total. The van der Waals surface area contributed by atoms with E-state index in [2.05, 4.69) is 42.4 Å². The number of nitrogens with one attached hydrogen (secondary N) is 1. The lowest BCUT2D eigenvalue weighted by atomic mass is 10.2. The molecule has 1 N–H and O–H groups in total. The third-order valence-corrected chi connectivity index (χ3v) is 5.27. The van der Waals surface area contributed by atoms with Crippen LogP contribution in [0.2, 0.25) is 0 Å². The molecule has 1 amide bonds. The van der Waals surface area contributed by atoms with Crippen molar-refractivity contribution in [3.63, 3.8) is 0 Å². The summed E-state index contributed by atoms with van der Waals surface area (Å²) >= 11 is 0. The second kappa shape index (κ2) is 8.93. The van der Waals surface area contributed by atoms with Crippen LogP contribution in [0.3, 0.4) is 0 Å². The average molecular weight is 397 g/mol. The van der Waals surface area contributed by atoms with Gasteiger partial charge in [-0.3, -0.25) is 0 Å². The number of benzene rings is 1. The molecule has 0 saturated carbocycles. The first-order chi connectivity index (χ1) is 14.2. The molecular formula is C20H27N7O2. The molecule has 2 aliphatic rings. The Morgan fingerprint density at radius 1 is 1.03 bits per heavy atom. The van der Waals surface area contributed by atoms with Crippen molar-refractivity contribution < 1.29 is 9.53 Å². The Kier molecular flexibility index (Phi) is 5.92. The Labute approximate surface area is 170 Å². The molecular weight excluding hydrogens is 370 g/mol. The zero-order chi connectivity index (χ0) is 20.1. The molecule has 2 aliphatic heterocycles. The molecule has 9 heteroatoms. The summed E-state index contributed by atoms with van der Waals surface area (Å²) in [5.74, 6) is 1.21. The molecule has 1 aromatic heterocycles. The molecule has 0 unspecified atom stereocenters. The van der Waals surface area contributed by atoms with Crippen LogP contribution in [0.1, 0.15) is 19.8 Å². The largest absolute Gasteiger partial charge is 0.450 e. The van der Waals surface area contributed by atoms with Gasteiger partial charge in [-0.05, 0) is 44.0 Å². The Hall–Kier alpha value is -3.10. The monoisotopic (exact) mass is 397 g/mol. The van der Waals surface area contributed by atoms with Crippen LogP contribution in [0.4, 0.5) is 27.9 Å². The number of carbonyl (C=O) groups is 1. The van der Waals surface area contributed by atoms with Crippen molar-refractivity contribution in [3.05, 3.63) is 30.5 Å². The highest BCUT2D eigenvalue weighted by atomic mass is 16.6. The topological polar surface area (TPSA) is 86.7 Å². The average Bonchev–Trinajstić information content (AvgIpc) is 3.30. The van der Waals surface area contributed by atoms with Crippen LogP contribution in [-0.4, -0.2) is 72.0 Å². The summed E-state index contributed by atoms with van der Waals surface area (Å²) in [5.41, 5.74) is 2.18. The first-order valence-electron chi connectivity index (χ1n) is 10.2. The van der Waals surface area contributed by atoms with Crippen LogP contribution in [0.5, 0.6) is 0 Å². The highest BCUT2D eigenvalue weighted by molar-refractivity contribution is 5.68. The standard InChI is InChI=1S/C20H27N7O2/c1-2-29-20(28)27-13-11-26(12-14-27)18-15-21-24-19(23-18)22-16-5-7-17(8-6-16)25-9-3-4-10-25/h5-8,15H,2-4,9-14H2,1H3,(H,22,23,24). The predicted octanol–water partition coefficient (Wildman–Crippen LogP) is 2.49.